The van der Waals surface area contributed by atoms with Crippen LogP contribution in [-0.2, 0) is 6.18 Å². The van der Waals surface area contributed by atoms with Gasteiger partial charge in [0, 0.05) is 24.1 Å². The molecule has 3 nitrogen and oxygen atoms in total. The average molecular weight is 338 g/mol. The molecule has 19 heavy (non-hydrogen) atoms. The molecule has 1 atom stereocenters. The molecular formula is C12H15BrF3N3. The Hall–Kier alpha value is -0.850. The molecule has 0 spiro atoms. The van der Waals surface area contributed by atoms with Crippen molar-refractivity contribution in [2.45, 2.75) is 37.9 Å². The Kier molecular flexibility index (Phi) is 4.65. The fraction of sp³-hybridized carbons (Fsp3) is 0.667. The Labute approximate surface area is 118 Å². The van der Waals surface area contributed by atoms with Gasteiger partial charge in [0.1, 0.15) is 5.69 Å². The fourth-order valence-electron chi connectivity index (χ4n) is 2.36. The number of rotatable bonds is 4. The van der Waals surface area contributed by atoms with E-state index in [2.05, 4.69) is 25.9 Å². The van der Waals surface area contributed by atoms with Gasteiger partial charge in [0.2, 0.25) is 5.95 Å². The van der Waals surface area contributed by atoms with E-state index < -0.39 is 11.9 Å². The molecule has 0 amide bonds. The zero-order valence-corrected chi connectivity index (χ0v) is 11.9. The molecule has 0 aromatic carbocycles. The van der Waals surface area contributed by atoms with Crippen molar-refractivity contribution in [1.29, 1.82) is 0 Å². The monoisotopic (exact) mass is 337 g/mol. The van der Waals surface area contributed by atoms with Crippen LogP contribution in [0.2, 0.25) is 0 Å². The third-order valence-electron chi connectivity index (χ3n) is 3.24. The zero-order chi connectivity index (χ0) is 13.9. The van der Waals surface area contributed by atoms with Gasteiger partial charge in [0.25, 0.3) is 0 Å². The molecule has 1 unspecified atom stereocenters. The summed E-state index contributed by atoms with van der Waals surface area (Å²) in [7, 11) is 0. The Morgan fingerprint density at radius 3 is 2.89 bits per heavy atom. The standard InChI is InChI=1S/C12H15BrF3N3/c13-6-1-3-9-4-2-8-19(9)11-17-7-5-10(18-11)12(14,15)16/h5,7,9H,1-4,6,8H2. The molecule has 0 N–H and O–H groups in total. The fourth-order valence-corrected chi connectivity index (χ4v) is 2.68. The smallest absolute Gasteiger partial charge is 0.338 e. The van der Waals surface area contributed by atoms with Crippen molar-refractivity contribution in [3.05, 3.63) is 18.0 Å². The molecule has 1 fully saturated rings. The summed E-state index contributed by atoms with van der Waals surface area (Å²) in [6, 6.07) is 1.16. The van der Waals surface area contributed by atoms with E-state index in [4.69, 9.17) is 0 Å². The first-order valence-corrected chi connectivity index (χ1v) is 7.37. The van der Waals surface area contributed by atoms with Crippen molar-refractivity contribution in [2.75, 3.05) is 16.8 Å². The number of hydrogen-bond acceptors (Lipinski definition) is 3. The van der Waals surface area contributed by atoms with E-state index >= 15 is 0 Å². The van der Waals surface area contributed by atoms with Gasteiger partial charge in [0.05, 0.1) is 0 Å². The van der Waals surface area contributed by atoms with Gasteiger partial charge in [-0.1, -0.05) is 15.9 Å². The van der Waals surface area contributed by atoms with Crippen LogP contribution in [-0.4, -0.2) is 27.9 Å². The van der Waals surface area contributed by atoms with Crippen molar-refractivity contribution in [1.82, 2.24) is 9.97 Å². The molecule has 0 saturated carbocycles. The van der Waals surface area contributed by atoms with Gasteiger partial charge in [-0.25, -0.2) is 9.97 Å². The van der Waals surface area contributed by atoms with Crippen LogP contribution >= 0.6 is 15.9 Å². The number of alkyl halides is 4. The summed E-state index contributed by atoms with van der Waals surface area (Å²) in [5, 5.41) is 0.904. The van der Waals surface area contributed by atoms with Crippen molar-refractivity contribution in [3.8, 4) is 0 Å². The number of nitrogens with zero attached hydrogens (tertiary/aromatic N) is 3. The first kappa shape index (κ1) is 14.6. The van der Waals surface area contributed by atoms with E-state index in [-0.39, 0.29) is 12.0 Å². The topological polar surface area (TPSA) is 29.0 Å². The van der Waals surface area contributed by atoms with Gasteiger partial charge in [0.15, 0.2) is 0 Å². The highest BCUT2D eigenvalue weighted by molar-refractivity contribution is 9.09. The Bertz CT molecular complexity index is 425. The van der Waals surface area contributed by atoms with Crippen LogP contribution in [0.15, 0.2) is 12.3 Å². The van der Waals surface area contributed by atoms with Gasteiger partial charge in [-0.05, 0) is 31.7 Å². The van der Waals surface area contributed by atoms with Crippen LogP contribution in [0, 0.1) is 0 Å². The van der Waals surface area contributed by atoms with Crippen LogP contribution < -0.4 is 4.90 Å². The molecule has 7 heteroatoms. The van der Waals surface area contributed by atoms with E-state index in [0.717, 1.165) is 43.6 Å². The first-order valence-electron chi connectivity index (χ1n) is 6.25. The molecule has 1 aromatic heterocycles. The van der Waals surface area contributed by atoms with E-state index in [1.165, 1.54) is 6.20 Å². The molecular weight excluding hydrogens is 323 g/mol. The molecule has 1 aromatic rings. The van der Waals surface area contributed by atoms with Gasteiger partial charge in [-0.3, -0.25) is 0 Å². The van der Waals surface area contributed by atoms with Crippen molar-refractivity contribution in [2.24, 2.45) is 0 Å². The lowest BCUT2D eigenvalue weighted by molar-refractivity contribution is -0.141. The Morgan fingerprint density at radius 1 is 1.42 bits per heavy atom. The third kappa shape index (κ3) is 3.58. The van der Waals surface area contributed by atoms with Gasteiger partial charge in [-0.2, -0.15) is 13.2 Å². The van der Waals surface area contributed by atoms with Crippen molar-refractivity contribution in [3.63, 3.8) is 0 Å². The second kappa shape index (κ2) is 6.07. The minimum absolute atomic E-state index is 0.201. The molecule has 106 valence electrons. The van der Waals surface area contributed by atoms with Crippen LogP contribution in [0.1, 0.15) is 31.4 Å². The normalized spacial score (nSPS) is 20.0. The minimum atomic E-state index is -4.41. The number of anilines is 1. The summed E-state index contributed by atoms with van der Waals surface area (Å²) in [6.45, 7) is 0.730. The van der Waals surface area contributed by atoms with Gasteiger partial charge >= 0.3 is 6.18 Å². The highest BCUT2D eigenvalue weighted by Crippen LogP contribution is 2.30. The second-order valence-corrected chi connectivity index (χ2v) is 5.35. The predicted molar refractivity (Wildman–Crippen MR) is 70.4 cm³/mol. The largest absolute Gasteiger partial charge is 0.433 e. The van der Waals surface area contributed by atoms with Crippen LogP contribution in [0.4, 0.5) is 19.1 Å². The van der Waals surface area contributed by atoms with Crippen molar-refractivity contribution >= 4 is 21.9 Å². The maximum absolute atomic E-state index is 12.6. The van der Waals surface area contributed by atoms with Crippen LogP contribution in [0.3, 0.4) is 0 Å². The maximum atomic E-state index is 12.6. The Morgan fingerprint density at radius 2 is 2.21 bits per heavy atom. The lowest BCUT2D eigenvalue weighted by Gasteiger charge is -2.24. The number of hydrogen-bond donors (Lipinski definition) is 0. The third-order valence-corrected chi connectivity index (χ3v) is 3.80. The summed E-state index contributed by atoms with van der Waals surface area (Å²) >= 11 is 3.37. The lowest BCUT2D eigenvalue weighted by atomic mass is 10.1. The average Bonchev–Trinajstić information content (AvgIpc) is 2.83. The molecule has 1 aliphatic rings. The second-order valence-electron chi connectivity index (χ2n) is 4.56. The number of halogens is 4. The Balaban J connectivity index is 2.16. The SMILES string of the molecule is FC(F)(F)c1ccnc(N2CCCC2CCCBr)n1. The molecule has 1 saturated heterocycles. The zero-order valence-electron chi connectivity index (χ0n) is 10.3. The van der Waals surface area contributed by atoms with Gasteiger partial charge < -0.3 is 4.90 Å². The maximum Gasteiger partial charge on any atom is 0.433 e. The number of aromatic nitrogens is 2. The summed E-state index contributed by atoms with van der Waals surface area (Å²) in [4.78, 5) is 9.56. The lowest BCUT2D eigenvalue weighted by Crippen LogP contribution is -2.31. The van der Waals surface area contributed by atoms with Crippen LogP contribution in [0.5, 0.6) is 0 Å². The molecule has 0 aliphatic carbocycles. The van der Waals surface area contributed by atoms with E-state index in [9.17, 15) is 13.2 Å². The highest BCUT2D eigenvalue weighted by Gasteiger charge is 2.34. The van der Waals surface area contributed by atoms with E-state index in [1.807, 2.05) is 4.90 Å². The molecule has 2 rings (SSSR count). The summed E-state index contributed by atoms with van der Waals surface area (Å²) in [5.41, 5.74) is -0.872. The van der Waals surface area contributed by atoms with Gasteiger partial charge in [-0.15, -0.1) is 0 Å². The van der Waals surface area contributed by atoms with Crippen LogP contribution in [0.25, 0.3) is 0 Å². The summed E-state index contributed by atoms with van der Waals surface area (Å²) in [5.74, 6) is 0.201. The molecule has 0 radical (unpaired) electrons. The highest BCUT2D eigenvalue weighted by atomic mass is 79.9. The van der Waals surface area contributed by atoms with E-state index in [0.29, 0.717) is 0 Å². The quantitative estimate of drug-likeness (QED) is 0.785. The molecule has 0 bridgehead atoms. The summed E-state index contributed by atoms with van der Waals surface area (Å²) in [6.07, 6.45) is 0.692. The summed E-state index contributed by atoms with van der Waals surface area (Å²) < 4.78 is 37.9. The first-order chi connectivity index (χ1) is 9.02. The predicted octanol–water partition coefficient (Wildman–Crippen LogP) is 3.64. The molecule has 2 heterocycles. The minimum Gasteiger partial charge on any atom is -0.338 e. The van der Waals surface area contributed by atoms with E-state index in [1.54, 1.807) is 0 Å². The molecule has 1 aliphatic heterocycles. The van der Waals surface area contributed by atoms with Crippen molar-refractivity contribution < 1.29 is 13.2 Å².